The Morgan fingerprint density at radius 3 is 2.35 bits per heavy atom. The van der Waals surface area contributed by atoms with Crippen LogP contribution in [-0.2, 0) is 4.74 Å². The molecule has 0 unspecified atom stereocenters. The minimum absolute atomic E-state index is 0.261. The molecule has 1 heterocycles. The first-order valence-corrected chi connectivity index (χ1v) is 7.50. The van der Waals surface area contributed by atoms with Crippen molar-refractivity contribution in [2.75, 3.05) is 26.7 Å². The lowest BCUT2D eigenvalue weighted by atomic mass is 9.89. The predicted molar refractivity (Wildman–Crippen MR) is 81.0 cm³/mol. The summed E-state index contributed by atoms with van der Waals surface area (Å²) in [5.41, 5.74) is 1.98. The number of ether oxygens (including phenoxy) is 1. The molecule has 1 aromatic rings. The lowest BCUT2D eigenvalue weighted by Gasteiger charge is -2.33. The van der Waals surface area contributed by atoms with E-state index in [2.05, 4.69) is 30.9 Å². The van der Waals surface area contributed by atoms with E-state index in [1.54, 1.807) is 0 Å². The Hall–Kier alpha value is -1.35. The van der Waals surface area contributed by atoms with E-state index >= 15 is 0 Å². The monoisotopic (exact) mass is 275 g/mol. The van der Waals surface area contributed by atoms with Crippen molar-refractivity contribution in [3.05, 3.63) is 35.4 Å². The average Bonchev–Trinajstić information content (AvgIpc) is 2.47. The molecule has 20 heavy (non-hydrogen) atoms. The Labute approximate surface area is 121 Å². The van der Waals surface area contributed by atoms with Crippen LogP contribution in [0.4, 0.5) is 0 Å². The number of carbonyl (C=O) groups is 1. The molecule has 0 amide bonds. The Bertz CT molecular complexity index is 431. The van der Waals surface area contributed by atoms with Gasteiger partial charge in [0, 0.05) is 6.54 Å². The molecule has 0 spiro atoms. The van der Waals surface area contributed by atoms with Gasteiger partial charge in [-0.3, -0.25) is 0 Å². The number of likely N-dealkylation sites (tertiary alicyclic amines) is 1. The molecule has 3 nitrogen and oxygen atoms in total. The van der Waals surface area contributed by atoms with Crippen LogP contribution in [0.15, 0.2) is 24.3 Å². The van der Waals surface area contributed by atoms with Crippen LogP contribution in [0, 0.1) is 5.92 Å². The van der Waals surface area contributed by atoms with Crippen LogP contribution in [0.25, 0.3) is 0 Å². The molecule has 1 aliphatic rings. The third-order valence-corrected chi connectivity index (χ3v) is 4.01. The number of hydrogen-bond donors (Lipinski definition) is 0. The van der Waals surface area contributed by atoms with Crippen molar-refractivity contribution < 1.29 is 9.53 Å². The van der Waals surface area contributed by atoms with Gasteiger partial charge in [-0.05, 0) is 55.5 Å². The highest BCUT2D eigenvalue weighted by atomic mass is 16.5. The van der Waals surface area contributed by atoms with Crippen molar-refractivity contribution >= 4 is 5.97 Å². The fourth-order valence-electron chi connectivity index (χ4n) is 2.97. The van der Waals surface area contributed by atoms with Crippen LogP contribution >= 0.6 is 0 Å². The van der Waals surface area contributed by atoms with E-state index < -0.39 is 0 Å². The normalized spacial score (nSPS) is 17.4. The number of methoxy groups -OCH3 is 1. The lowest BCUT2D eigenvalue weighted by molar-refractivity contribution is 0.0600. The van der Waals surface area contributed by atoms with Gasteiger partial charge in [-0.2, -0.15) is 0 Å². The van der Waals surface area contributed by atoms with E-state index in [1.165, 1.54) is 45.1 Å². The molecular weight excluding hydrogens is 250 g/mol. The first kappa shape index (κ1) is 15.0. The van der Waals surface area contributed by atoms with E-state index in [1.807, 2.05) is 12.1 Å². The summed E-state index contributed by atoms with van der Waals surface area (Å²) in [7, 11) is 1.42. The van der Waals surface area contributed by atoms with E-state index in [0.29, 0.717) is 11.5 Å². The number of hydrogen-bond acceptors (Lipinski definition) is 3. The van der Waals surface area contributed by atoms with Crippen LogP contribution in [0.1, 0.15) is 48.5 Å². The van der Waals surface area contributed by atoms with Gasteiger partial charge < -0.3 is 9.64 Å². The van der Waals surface area contributed by atoms with Gasteiger partial charge in [0.2, 0.25) is 0 Å². The van der Waals surface area contributed by atoms with Gasteiger partial charge in [0.1, 0.15) is 0 Å². The Kier molecular flexibility index (Phi) is 5.18. The fraction of sp³-hybridized carbons (Fsp3) is 0.588. The highest BCUT2D eigenvalue weighted by Crippen LogP contribution is 2.28. The van der Waals surface area contributed by atoms with Crippen LogP contribution in [0.3, 0.4) is 0 Å². The maximum absolute atomic E-state index is 11.4. The molecular formula is C17H25NO2. The average molecular weight is 275 g/mol. The van der Waals surface area contributed by atoms with Crippen LogP contribution in [0.5, 0.6) is 0 Å². The molecule has 3 heteroatoms. The number of piperidine rings is 1. The predicted octanol–water partition coefficient (Wildman–Crippen LogP) is 3.31. The Morgan fingerprint density at radius 2 is 1.85 bits per heavy atom. The molecule has 0 saturated carbocycles. The van der Waals surface area contributed by atoms with E-state index in [9.17, 15) is 4.79 Å². The number of carbonyl (C=O) groups excluding carboxylic acids is 1. The first-order valence-electron chi connectivity index (χ1n) is 7.50. The van der Waals surface area contributed by atoms with E-state index in [0.717, 1.165) is 5.92 Å². The zero-order valence-electron chi connectivity index (χ0n) is 12.8. The van der Waals surface area contributed by atoms with Crippen LogP contribution in [-0.4, -0.2) is 37.6 Å². The molecule has 2 rings (SSSR count). The smallest absolute Gasteiger partial charge is 0.337 e. The highest BCUT2D eigenvalue weighted by Gasteiger charge is 2.21. The summed E-state index contributed by atoms with van der Waals surface area (Å²) >= 11 is 0. The molecule has 1 aliphatic heterocycles. The van der Waals surface area contributed by atoms with Crippen molar-refractivity contribution in [2.45, 2.75) is 32.6 Å². The topological polar surface area (TPSA) is 29.5 Å². The molecule has 1 aromatic carbocycles. The Morgan fingerprint density at radius 1 is 1.25 bits per heavy atom. The molecule has 0 radical (unpaired) electrons. The summed E-state index contributed by atoms with van der Waals surface area (Å²) in [5, 5.41) is 0. The second kappa shape index (κ2) is 6.89. The van der Waals surface area contributed by atoms with Crippen molar-refractivity contribution in [1.29, 1.82) is 0 Å². The third-order valence-electron chi connectivity index (χ3n) is 4.01. The molecule has 0 aliphatic carbocycles. The quantitative estimate of drug-likeness (QED) is 0.790. The Balaban J connectivity index is 1.92. The largest absolute Gasteiger partial charge is 0.465 e. The van der Waals surface area contributed by atoms with Gasteiger partial charge in [0.15, 0.2) is 0 Å². The minimum Gasteiger partial charge on any atom is -0.465 e. The summed E-state index contributed by atoms with van der Waals surface area (Å²) in [6, 6.07) is 7.91. The summed E-state index contributed by atoms with van der Waals surface area (Å²) in [5.74, 6) is 1.11. The first-order chi connectivity index (χ1) is 9.60. The maximum Gasteiger partial charge on any atom is 0.337 e. The molecule has 0 N–H and O–H groups in total. The minimum atomic E-state index is -0.261. The van der Waals surface area contributed by atoms with Gasteiger partial charge in [-0.15, -0.1) is 0 Å². The van der Waals surface area contributed by atoms with Crippen LogP contribution in [0.2, 0.25) is 0 Å². The zero-order chi connectivity index (χ0) is 14.5. The molecule has 1 fully saturated rings. The molecule has 0 aromatic heterocycles. The maximum atomic E-state index is 11.4. The SMILES string of the molecule is COC(=O)c1ccc(C2CCN(CC(C)C)CC2)cc1. The standard InChI is InChI=1S/C17H25NO2/c1-13(2)12-18-10-8-15(9-11-18)14-4-6-16(7-5-14)17(19)20-3/h4-7,13,15H,8-12H2,1-3H3. The van der Waals surface area contributed by atoms with Gasteiger partial charge in [-0.1, -0.05) is 26.0 Å². The third kappa shape index (κ3) is 3.83. The van der Waals surface area contributed by atoms with Crippen molar-refractivity contribution in [2.24, 2.45) is 5.92 Å². The number of esters is 1. The summed E-state index contributed by atoms with van der Waals surface area (Å²) < 4.78 is 4.73. The summed E-state index contributed by atoms with van der Waals surface area (Å²) in [6.07, 6.45) is 2.43. The van der Waals surface area contributed by atoms with Crippen LogP contribution < -0.4 is 0 Å². The molecule has 110 valence electrons. The molecule has 0 bridgehead atoms. The van der Waals surface area contributed by atoms with Crippen molar-refractivity contribution in [3.8, 4) is 0 Å². The number of benzene rings is 1. The summed E-state index contributed by atoms with van der Waals surface area (Å²) in [6.45, 7) is 8.12. The highest BCUT2D eigenvalue weighted by molar-refractivity contribution is 5.89. The molecule has 0 atom stereocenters. The fourth-order valence-corrected chi connectivity index (χ4v) is 2.97. The second-order valence-electron chi connectivity index (χ2n) is 6.08. The number of nitrogens with zero attached hydrogens (tertiary/aromatic N) is 1. The number of rotatable bonds is 4. The van der Waals surface area contributed by atoms with E-state index in [4.69, 9.17) is 4.74 Å². The van der Waals surface area contributed by atoms with Gasteiger partial charge >= 0.3 is 5.97 Å². The zero-order valence-corrected chi connectivity index (χ0v) is 12.8. The summed E-state index contributed by atoms with van der Waals surface area (Å²) in [4.78, 5) is 14.0. The molecule has 1 saturated heterocycles. The van der Waals surface area contributed by atoms with Crippen molar-refractivity contribution in [1.82, 2.24) is 4.90 Å². The van der Waals surface area contributed by atoms with E-state index in [-0.39, 0.29) is 5.97 Å². The van der Waals surface area contributed by atoms with Gasteiger partial charge in [0.25, 0.3) is 0 Å². The lowest BCUT2D eigenvalue weighted by Crippen LogP contribution is -2.35. The van der Waals surface area contributed by atoms with Gasteiger partial charge in [0.05, 0.1) is 12.7 Å². The van der Waals surface area contributed by atoms with Gasteiger partial charge in [-0.25, -0.2) is 4.79 Å². The van der Waals surface area contributed by atoms with Crippen molar-refractivity contribution in [3.63, 3.8) is 0 Å². The second-order valence-corrected chi connectivity index (χ2v) is 6.08.